The van der Waals surface area contributed by atoms with Crippen molar-refractivity contribution in [1.82, 2.24) is 0 Å². The van der Waals surface area contributed by atoms with Crippen molar-refractivity contribution < 1.29 is 4.84 Å². The van der Waals surface area contributed by atoms with E-state index in [4.69, 9.17) is 4.84 Å². The third-order valence-electron chi connectivity index (χ3n) is 6.57. The maximum absolute atomic E-state index is 6.08. The van der Waals surface area contributed by atoms with Crippen LogP contribution in [0.2, 0.25) is 16.6 Å². The lowest BCUT2D eigenvalue weighted by atomic mass is 9.99. The van der Waals surface area contributed by atoms with Crippen LogP contribution >= 0.6 is 0 Å². The zero-order valence-electron chi connectivity index (χ0n) is 19.5. The maximum atomic E-state index is 6.08. The van der Waals surface area contributed by atoms with Gasteiger partial charge < -0.3 is 4.84 Å². The van der Waals surface area contributed by atoms with E-state index in [1.165, 1.54) is 30.5 Å². The topological polar surface area (TPSA) is 21.6 Å². The van der Waals surface area contributed by atoms with E-state index >= 15 is 0 Å². The van der Waals surface area contributed by atoms with Crippen molar-refractivity contribution in [2.75, 3.05) is 0 Å². The third-order valence-corrected chi connectivity index (χ3v) is 12.9. The van der Waals surface area contributed by atoms with E-state index in [-0.39, 0.29) is 6.10 Å². The van der Waals surface area contributed by atoms with Gasteiger partial charge in [-0.1, -0.05) is 83.5 Å². The smallest absolute Gasteiger partial charge is 0.145 e. The van der Waals surface area contributed by atoms with Crippen molar-refractivity contribution in [2.24, 2.45) is 5.16 Å². The molecule has 0 bridgehead atoms. The summed E-state index contributed by atoms with van der Waals surface area (Å²) in [5.74, 6) is 3.60. The first-order chi connectivity index (χ1) is 13.9. The Morgan fingerprint density at radius 2 is 1.48 bits per heavy atom. The highest BCUT2D eigenvalue weighted by Gasteiger charge is 2.41. The predicted molar refractivity (Wildman–Crippen MR) is 129 cm³/mol. The molecule has 29 heavy (non-hydrogen) atoms. The Morgan fingerprint density at radius 1 is 0.897 bits per heavy atom. The van der Waals surface area contributed by atoms with E-state index in [0.29, 0.717) is 16.6 Å². The molecule has 3 heteroatoms. The fourth-order valence-corrected chi connectivity index (χ4v) is 10.2. The summed E-state index contributed by atoms with van der Waals surface area (Å²) in [5, 5.41) is 4.56. The molecule has 1 aliphatic carbocycles. The highest BCUT2D eigenvalue weighted by molar-refractivity contribution is 6.90. The lowest BCUT2D eigenvalue weighted by Gasteiger charge is -2.38. The third kappa shape index (κ3) is 6.74. The molecule has 0 N–H and O–H groups in total. The summed E-state index contributed by atoms with van der Waals surface area (Å²) in [6.45, 7) is 14.2. The van der Waals surface area contributed by atoms with Crippen LogP contribution in [0.3, 0.4) is 0 Å². The molecule has 0 amide bonds. The van der Waals surface area contributed by atoms with Crippen molar-refractivity contribution in [2.45, 2.75) is 109 Å². The average Bonchev–Trinajstić information content (AvgIpc) is 2.70. The van der Waals surface area contributed by atoms with Gasteiger partial charge in [-0.25, -0.2) is 0 Å². The fraction of sp³-hybridized carbons (Fsp3) is 0.654. The van der Waals surface area contributed by atoms with Gasteiger partial charge in [0.2, 0.25) is 0 Å². The van der Waals surface area contributed by atoms with Crippen molar-refractivity contribution in [1.29, 1.82) is 0 Å². The molecule has 2 nitrogen and oxygen atoms in total. The molecule has 160 valence electrons. The molecule has 1 unspecified atom stereocenters. The van der Waals surface area contributed by atoms with Gasteiger partial charge in [-0.2, -0.15) is 0 Å². The lowest BCUT2D eigenvalue weighted by Crippen LogP contribution is -2.43. The van der Waals surface area contributed by atoms with Crippen LogP contribution < -0.4 is 0 Å². The van der Waals surface area contributed by atoms with Crippen LogP contribution in [0.25, 0.3) is 0 Å². The Hall–Kier alpha value is -1.53. The summed E-state index contributed by atoms with van der Waals surface area (Å²) in [7, 11) is -1.69. The standard InChI is InChI=1S/C26H41NOSi/c1-21(2)29(22(3)4,23(5)6)19-13-18-26(20-24-14-9-7-10-15-24)28-27-25-16-11-8-12-17-25/h7,9-10,14-15,21-23,26H,8,11-12,16-18,20H2,1-6H3. The highest BCUT2D eigenvalue weighted by atomic mass is 28.3. The Bertz CT molecular complexity index is 667. The summed E-state index contributed by atoms with van der Waals surface area (Å²) in [5.41, 5.74) is 8.35. The Labute approximate surface area is 180 Å². The predicted octanol–water partition coefficient (Wildman–Crippen LogP) is 7.55. The SMILES string of the molecule is CC(C)[Si](C#CCC(Cc1ccccc1)ON=C1CCCCC1)(C(C)C)C(C)C. The Balaban J connectivity index is 2.17. The molecule has 1 aliphatic rings. The van der Waals surface area contributed by atoms with Crippen molar-refractivity contribution in [3.05, 3.63) is 35.9 Å². The van der Waals surface area contributed by atoms with Gasteiger partial charge in [-0.05, 0) is 47.9 Å². The molecule has 1 saturated carbocycles. The molecule has 0 heterocycles. The molecule has 1 fully saturated rings. The van der Waals surface area contributed by atoms with E-state index in [1.807, 2.05) is 0 Å². The van der Waals surface area contributed by atoms with Crippen molar-refractivity contribution in [3.8, 4) is 11.5 Å². The minimum Gasteiger partial charge on any atom is -0.391 e. The monoisotopic (exact) mass is 411 g/mol. The number of oxime groups is 1. The van der Waals surface area contributed by atoms with Gasteiger partial charge in [0.15, 0.2) is 0 Å². The van der Waals surface area contributed by atoms with Crippen LogP contribution in [-0.2, 0) is 11.3 Å². The molecule has 0 radical (unpaired) electrons. The number of rotatable bonds is 8. The van der Waals surface area contributed by atoms with Crippen LogP contribution in [-0.4, -0.2) is 19.9 Å². The van der Waals surface area contributed by atoms with Crippen LogP contribution in [0.15, 0.2) is 35.5 Å². The Morgan fingerprint density at radius 3 is 2.03 bits per heavy atom. The highest BCUT2D eigenvalue weighted by Crippen LogP contribution is 2.40. The van der Waals surface area contributed by atoms with E-state index in [9.17, 15) is 0 Å². The van der Waals surface area contributed by atoms with E-state index in [0.717, 1.165) is 25.7 Å². The zero-order chi connectivity index (χ0) is 21.3. The second kappa shape index (κ2) is 11.6. The van der Waals surface area contributed by atoms with Crippen molar-refractivity contribution >= 4 is 13.8 Å². The zero-order valence-corrected chi connectivity index (χ0v) is 20.5. The summed E-state index contributed by atoms with van der Waals surface area (Å²) in [6.07, 6.45) is 7.65. The number of nitrogens with zero attached hydrogens (tertiary/aromatic N) is 1. The molecule has 2 rings (SSSR count). The van der Waals surface area contributed by atoms with Gasteiger partial charge in [-0.15, -0.1) is 11.5 Å². The van der Waals surface area contributed by atoms with E-state index < -0.39 is 8.07 Å². The van der Waals surface area contributed by atoms with E-state index in [2.05, 4.69) is 88.5 Å². The number of hydrogen-bond acceptors (Lipinski definition) is 2. The molecule has 0 aromatic heterocycles. The van der Waals surface area contributed by atoms with Crippen LogP contribution in [0.5, 0.6) is 0 Å². The molecular formula is C26H41NOSi. The molecule has 1 aromatic rings. The largest absolute Gasteiger partial charge is 0.391 e. The van der Waals surface area contributed by atoms with Gasteiger partial charge in [0.25, 0.3) is 0 Å². The Kier molecular flexibility index (Phi) is 9.50. The second-order valence-electron chi connectivity index (χ2n) is 9.54. The number of benzene rings is 1. The van der Waals surface area contributed by atoms with Crippen LogP contribution in [0.4, 0.5) is 0 Å². The molecule has 0 spiro atoms. The first-order valence-corrected chi connectivity index (χ1v) is 13.8. The first kappa shape index (κ1) is 23.7. The first-order valence-electron chi connectivity index (χ1n) is 11.6. The molecule has 1 atom stereocenters. The molecule has 1 aromatic carbocycles. The van der Waals surface area contributed by atoms with Crippen molar-refractivity contribution in [3.63, 3.8) is 0 Å². The quantitative estimate of drug-likeness (QED) is 0.246. The van der Waals surface area contributed by atoms with Gasteiger partial charge in [0.05, 0.1) is 5.71 Å². The van der Waals surface area contributed by atoms with Gasteiger partial charge in [-0.3, -0.25) is 0 Å². The summed E-state index contributed by atoms with van der Waals surface area (Å²) in [6, 6.07) is 10.6. The van der Waals surface area contributed by atoms with Gasteiger partial charge in [0.1, 0.15) is 14.2 Å². The molecule has 0 aliphatic heterocycles. The minimum atomic E-state index is -1.69. The average molecular weight is 412 g/mol. The van der Waals surface area contributed by atoms with Gasteiger partial charge >= 0.3 is 0 Å². The summed E-state index contributed by atoms with van der Waals surface area (Å²) < 4.78 is 0. The van der Waals surface area contributed by atoms with Gasteiger partial charge in [0, 0.05) is 12.8 Å². The minimum absolute atomic E-state index is 0.0255. The van der Waals surface area contributed by atoms with Crippen LogP contribution in [0, 0.1) is 11.5 Å². The maximum Gasteiger partial charge on any atom is 0.145 e. The summed E-state index contributed by atoms with van der Waals surface area (Å²) in [4.78, 5) is 6.08. The fourth-order valence-electron chi connectivity index (χ4n) is 4.97. The second-order valence-corrected chi connectivity index (χ2v) is 15.1. The normalized spacial score (nSPS) is 16.0. The lowest BCUT2D eigenvalue weighted by molar-refractivity contribution is 0.0617. The number of hydrogen-bond donors (Lipinski definition) is 0. The molecule has 0 saturated heterocycles. The van der Waals surface area contributed by atoms with E-state index in [1.54, 1.807) is 0 Å². The summed E-state index contributed by atoms with van der Waals surface area (Å²) >= 11 is 0. The molecular weight excluding hydrogens is 370 g/mol. The van der Waals surface area contributed by atoms with Crippen LogP contribution in [0.1, 0.15) is 85.6 Å².